The number of nitrogens with zero attached hydrogens (tertiary/aromatic N) is 1. The molecule has 0 aromatic heterocycles. The monoisotopic (exact) mass is 322 g/mol. The molecule has 0 bridgehead atoms. The van der Waals surface area contributed by atoms with Crippen molar-refractivity contribution in [1.29, 1.82) is 0 Å². The standard InChI is InChI=1S/C18H30N2O3/c1-12(2)17(20(5)6)18(22)19-11-16(21)14-7-9-15(10-8-14)23-13(3)4/h7-10,12-13,16-17,21H,11H2,1-6H3,(H,19,22). The summed E-state index contributed by atoms with van der Waals surface area (Å²) in [6, 6.07) is 7.10. The van der Waals surface area contributed by atoms with Crippen molar-refractivity contribution in [3.63, 3.8) is 0 Å². The first-order chi connectivity index (χ1) is 10.7. The zero-order valence-corrected chi connectivity index (χ0v) is 15.0. The van der Waals surface area contributed by atoms with Gasteiger partial charge in [0, 0.05) is 6.54 Å². The molecule has 1 aromatic carbocycles. The van der Waals surface area contributed by atoms with Crippen LogP contribution in [0.1, 0.15) is 39.4 Å². The summed E-state index contributed by atoms with van der Waals surface area (Å²) in [4.78, 5) is 14.1. The fourth-order valence-corrected chi connectivity index (χ4v) is 2.59. The molecule has 1 amide bonds. The van der Waals surface area contributed by atoms with Crippen LogP contribution in [-0.4, -0.2) is 48.7 Å². The Kier molecular flexibility index (Phi) is 7.52. The van der Waals surface area contributed by atoms with Gasteiger partial charge in [0.25, 0.3) is 0 Å². The van der Waals surface area contributed by atoms with Crippen molar-refractivity contribution in [3.8, 4) is 5.75 Å². The number of hydrogen-bond donors (Lipinski definition) is 2. The number of aliphatic hydroxyl groups excluding tert-OH is 1. The highest BCUT2D eigenvalue weighted by atomic mass is 16.5. The summed E-state index contributed by atoms with van der Waals surface area (Å²) in [7, 11) is 3.77. The molecule has 130 valence electrons. The van der Waals surface area contributed by atoms with E-state index in [1.54, 1.807) is 0 Å². The third-order valence-corrected chi connectivity index (χ3v) is 3.56. The van der Waals surface area contributed by atoms with Crippen molar-refractivity contribution >= 4 is 5.91 Å². The Bertz CT molecular complexity index is 476. The van der Waals surface area contributed by atoms with Crippen molar-refractivity contribution in [2.45, 2.75) is 45.9 Å². The average molecular weight is 322 g/mol. The summed E-state index contributed by atoms with van der Waals surface area (Å²) < 4.78 is 5.57. The topological polar surface area (TPSA) is 61.8 Å². The third kappa shape index (κ3) is 6.20. The van der Waals surface area contributed by atoms with Gasteiger partial charge in [0.1, 0.15) is 5.75 Å². The molecule has 1 aromatic rings. The molecule has 2 N–H and O–H groups in total. The Balaban J connectivity index is 2.59. The second kappa shape index (κ2) is 8.89. The van der Waals surface area contributed by atoms with Gasteiger partial charge in [-0.1, -0.05) is 26.0 Å². The van der Waals surface area contributed by atoms with Crippen LogP contribution in [0.25, 0.3) is 0 Å². The lowest BCUT2D eigenvalue weighted by Gasteiger charge is -2.27. The van der Waals surface area contributed by atoms with Crippen LogP contribution in [0.2, 0.25) is 0 Å². The normalized spacial score (nSPS) is 14.2. The highest BCUT2D eigenvalue weighted by Gasteiger charge is 2.24. The molecule has 0 saturated carbocycles. The van der Waals surface area contributed by atoms with Crippen LogP contribution in [0.3, 0.4) is 0 Å². The van der Waals surface area contributed by atoms with Crippen LogP contribution in [0.5, 0.6) is 5.75 Å². The molecule has 0 aliphatic heterocycles. The molecule has 0 aliphatic rings. The molecule has 5 nitrogen and oxygen atoms in total. The first-order valence-electron chi connectivity index (χ1n) is 8.11. The van der Waals surface area contributed by atoms with Crippen LogP contribution in [0, 0.1) is 5.92 Å². The molecule has 0 spiro atoms. The van der Waals surface area contributed by atoms with Gasteiger partial charge in [-0.2, -0.15) is 0 Å². The van der Waals surface area contributed by atoms with E-state index < -0.39 is 6.10 Å². The van der Waals surface area contributed by atoms with Crippen LogP contribution >= 0.6 is 0 Å². The van der Waals surface area contributed by atoms with Crippen molar-refractivity contribution in [2.75, 3.05) is 20.6 Å². The highest BCUT2D eigenvalue weighted by Crippen LogP contribution is 2.18. The van der Waals surface area contributed by atoms with E-state index in [1.807, 2.05) is 71.0 Å². The number of carbonyl (C=O) groups is 1. The van der Waals surface area contributed by atoms with Gasteiger partial charge in [0.2, 0.25) is 5.91 Å². The Hall–Kier alpha value is -1.59. The van der Waals surface area contributed by atoms with Crippen LogP contribution in [0.4, 0.5) is 0 Å². The molecule has 0 saturated heterocycles. The minimum Gasteiger partial charge on any atom is -0.491 e. The maximum atomic E-state index is 12.3. The summed E-state index contributed by atoms with van der Waals surface area (Å²) in [5.74, 6) is 0.908. The Morgan fingerprint density at radius 2 is 1.74 bits per heavy atom. The third-order valence-electron chi connectivity index (χ3n) is 3.56. The number of likely N-dealkylation sites (N-methyl/N-ethyl adjacent to an activating group) is 1. The quantitative estimate of drug-likeness (QED) is 0.770. The maximum absolute atomic E-state index is 12.3. The van der Waals surface area contributed by atoms with Gasteiger partial charge in [-0.05, 0) is 51.6 Å². The van der Waals surface area contributed by atoms with Gasteiger partial charge in [0.05, 0.1) is 18.2 Å². The Morgan fingerprint density at radius 1 is 1.17 bits per heavy atom. The van der Waals surface area contributed by atoms with Gasteiger partial charge < -0.3 is 15.2 Å². The summed E-state index contributed by atoms with van der Waals surface area (Å²) in [6.45, 7) is 8.14. The first kappa shape index (κ1) is 19.5. The van der Waals surface area contributed by atoms with Gasteiger partial charge >= 0.3 is 0 Å². The number of carbonyl (C=O) groups excluding carboxylic acids is 1. The van der Waals surface area contributed by atoms with E-state index in [0.29, 0.717) is 0 Å². The highest BCUT2D eigenvalue weighted by molar-refractivity contribution is 5.82. The summed E-state index contributed by atoms with van der Waals surface area (Å²) in [5.41, 5.74) is 0.757. The van der Waals surface area contributed by atoms with Gasteiger partial charge in [0.15, 0.2) is 0 Å². The van der Waals surface area contributed by atoms with E-state index in [0.717, 1.165) is 11.3 Å². The van der Waals surface area contributed by atoms with Crippen LogP contribution < -0.4 is 10.1 Å². The Morgan fingerprint density at radius 3 is 2.17 bits per heavy atom. The molecule has 5 heteroatoms. The summed E-state index contributed by atoms with van der Waals surface area (Å²) >= 11 is 0. The van der Waals surface area contributed by atoms with Crippen molar-refractivity contribution in [1.82, 2.24) is 10.2 Å². The lowest BCUT2D eigenvalue weighted by molar-refractivity contribution is -0.127. The number of ether oxygens (including phenoxy) is 1. The van der Waals surface area contributed by atoms with Gasteiger partial charge in [-0.15, -0.1) is 0 Å². The average Bonchev–Trinajstić information content (AvgIpc) is 2.44. The van der Waals surface area contributed by atoms with Crippen molar-refractivity contribution in [2.24, 2.45) is 5.92 Å². The molecule has 1 rings (SSSR count). The van der Waals surface area contributed by atoms with Crippen molar-refractivity contribution in [3.05, 3.63) is 29.8 Å². The molecule has 2 atom stereocenters. The fourth-order valence-electron chi connectivity index (χ4n) is 2.59. The smallest absolute Gasteiger partial charge is 0.237 e. The van der Waals surface area contributed by atoms with E-state index in [2.05, 4.69) is 5.32 Å². The maximum Gasteiger partial charge on any atom is 0.237 e. The van der Waals surface area contributed by atoms with Crippen LogP contribution in [-0.2, 0) is 4.79 Å². The number of hydrogen-bond acceptors (Lipinski definition) is 4. The molecule has 0 aliphatic carbocycles. The fraction of sp³-hybridized carbons (Fsp3) is 0.611. The molecule has 23 heavy (non-hydrogen) atoms. The van der Waals surface area contributed by atoms with Crippen molar-refractivity contribution < 1.29 is 14.6 Å². The van der Waals surface area contributed by atoms with E-state index >= 15 is 0 Å². The number of nitrogens with one attached hydrogen (secondary N) is 1. The molecular weight excluding hydrogens is 292 g/mol. The number of benzene rings is 1. The van der Waals surface area contributed by atoms with E-state index in [1.165, 1.54) is 0 Å². The zero-order valence-electron chi connectivity index (χ0n) is 15.0. The summed E-state index contributed by atoms with van der Waals surface area (Å²) in [6.07, 6.45) is -0.619. The van der Waals surface area contributed by atoms with E-state index in [4.69, 9.17) is 4.74 Å². The number of rotatable bonds is 8. The molecular formula is C18H30N2O3. The largest absolute Gasteiger partial charge is 0.491 e. The lowest BCUT2D eigenvalue weighted by atomic mass is 10.0. The second-order valence-electron chi connectivity index (χ2n) is 6.65. The second-order valence-corrected chi connectivity index (χ2v) is 6.65. The molecule has 0 heterocycles. The SMILES string of the molecule is CC(C)Oc1ccc(C(O)CNC(=O)C(C(C)C)N(C)C)cc1. The number of amides is 1. The zero-order chi connectivity index (χ0) is 17.6. The van der Waals surface area contributed by atoms with E-state index in [9.17, 15) is 9.90 Å². The number of aliphatic hydroxyl groups is 1. The molecule has 0 fully saturated rings. The minimum atomic E-state index is -0.734. The first-order valence-corrected chi connectivity index (χ1v) is 8.11. The van der Waals surface area contributed by atoms with Crippen LogP contribution in [0.15, 0.2) is 24.3 Å². The predicted molar refractivity (Wildman–Crippen MR) is 92.5 cm³/mol. The predicted octanol–water partition coefficient (Wildman–Crippen LogP) is 2.21. The molecule has 2 unspecified atom stereocenters. The summed E-state index contributed by atoms with van der Waals surface area (Å²) in [5, 5.41) is 13.1. The van der Waals surface area contributed by atoms with E-state index in [-0.39, 0.29) is 30.5 Å². The van der Waals surface area contributed by atoms with Gasteiger partial charge in [-0.25, -0.2) is 0 Å². The molecule has 0 radical (unpaired) electrons. The van der Waals surface area contributed by atoms with Gasteiger partial charge in [-0.3, -0.25) is 9.69 Å². The minimum absolute atomic E-state index is 0.0659. The lowest BCUT2D eigenvalue weighted by Crippen LogP contribution is -2.47. The Labute approximate surface area is 139 Å².